The Bertz CT molecular complexity index is 1160. The maximum Gasteiger partial charge on any atom is 0.246 e. The van der Waals surface area contributed by atoms with E-state index in [1.165, 1.54) is 29.5 Å². The largest absolute Gasteiger partial charge is 0.460 e. The lowest BCUT2D eigenvalue weighted by atomic mass is 10.2. The van der Waals surface area contributed by atoms with Gasteiger partial charge in [-0.3, -0.25) is 4.79 Å². The summed E-state index contributed by atoms with van der Waals surface area (Å²) >= 11 is 1.22. The molecule has 1 aliphatic rings. The predicted octanol–water partition coefficient (Wildman–Crippen LogP) is 3.64. The molecule has 1 unspecified atom stereocenters. The first-order valence-corrected chi connectivity index (χ1v) is 11.3. The number of furan rings is 1. The number of carbonyl (C=O) groups is 1. The Morgan fingerprint density at radius 1 is 1.31 bits per heavy atom. The molecule has 152 valence electrons. The van der Waals surface area contributed by atoms with E-state index in [-0.39, 0.29) is 6.54 Å². The molecule has 1 aliphatic heterocycles. The van der Waals surface area contributed by atoms with Gasteiger partial charge >= 0.3 is 0 Å². The third-order valence-corrected chi connectivity index (χ3v) is 7.36. The number of sulfonamides is 1. The van der Waals surface area contributed by atoms with Crippen LogP contribution in [0, 0.1) is 12.7 Å². The van der Waals surface area contributed by atoms with E-state index in [4.69, 9.17) is 4.42 Å². The summed E-state index contributed by atoms with van der Waals surface area (Å²) in [6.07, 6.45) is 0.871. The Balaban J connectivity index is 1.53. The average Bonchev–Trinajstić information content (AvgIpc) is 3.42. The molecule has 1 aromatic carbocycles. The van der Waals surface area contributed by atoms with Gasteiger partial charge in [-0.15, -0.1) is 11.3 Å². The fourth-order valence-corrected chi connectivity index (χ4v) is 5.70. The molecule has 1 amide bonds. The first-order valence-electron chi connectivity index (χ1n) is 8.96. The number of carbonyl (C=O) groups excluding carboxylic acids is 1. The molecule has 3 heterocycles. The highest BCUT2D eigenvalue weighted by Crippen LogP contribution is 2.30. The Hall–Kier alpha value is -2.56. The number of hydrogen-bond acceptors (Lipinski definition) is 6. The zero-order chi connectivity index (χ0) is 20.6. The normalized spacial score (nSPS) is 17.5. The van der Waals surface area contributed by atoms with Crippen LogP contribution in [0.2, 0.25) is 0 Å². The molecule has 0 saturated carbocycles. The van der Waals surface area contributed by atoms with Crippen molar-refractivity contribution in [2.75, 3.05) is 11.9 Å². The van der Waals surface area contributed by atoms with Crippen LogP contribution in [0.3, 0.4) is 0 Å². The highest BCUT2D eigenvalue weighted by Gasteiger charge is 2.40. The molecule has 0 bridgehead atoms. The standard InChI is InChI=1S/C19H18FN3O4S2/c1-12-8-9-16(27-12)14-11-28-19(21-14)22-18(24)15-6-4-10-23(15)29(25,26)17-7-3-2-5-13(17)20/h2-3,5,7-9,11,15H,4,6,10H2,1H3,(H,21,22,24). The first-order chi connectivity index (χ1) is 13.9. The number of aromatic nitrogens is 1. The summed E-state index contributed by atoms with van der Waals surface area (Å²) in [6, 6.07) is 7.85. The van der Waals surface area contributed by atoms with E-state index < -0.39 is 32.7 Å². The van der Waals surface area contributed by atoms with Gasteiger partial charge in [0.1, 0.15) is 28.2 Å². The van der Waals surface area contributed by atoms with Crippen molar-refractivity contribution in [2.24, 2.45) is 0 Å². The summed E-state index contributed by atoms with van der Waals surface area (Å²) in [5.74, 6) is 0.0122. The number of nitrogens with zero attached hydrogens (tertiary/aromatic N) is 2. The van der Waals surface area contributed by atoms with Gasteiger partial charge in [0.15, 0.2) is 10.9 Å². The van der Waals surface area contributed by atoms with E-state index in [1.807, 2.05) is 13.0 Å². The van der Waals surface area contributed by atoms with Crippen LogP contribution in [0.5, 0.6) is 0 Å². The van der Waals surface area contributed by atoms with Crippen LogP contribution in [-0.2, 0) is 14.8 Å². The van der Waals surface area contributed by atoms with Crippen LogP contribution in [0.15, 0.2) is 51.1 Å². The zero-order valence-electron chi connectivity index (χ0n) is 15.5. The Labute approximate surface area is 171 Å². The summed E-state index contributed by atoms with van der Waals surface area (Å²) in [4.78, 5) is 16.7. The Kier molecular flexibility index (Phi) is 5.24. The number of rotatable bonds is 5. The van der Waals surface area contributed by atoms with Gasteiger partial charge in [0.25, 0.3) is 0 Å². The monoisotopic (exact) mass is 435 g/mol. The van der Waals surface area contributed by atoms with Gasteiger partial charge in [0.2, 0.25) is 15.9 Å². The maximum absolute atomic E-state index is 14.1. The second kappa shape index (κ2) is 7.69. The van der Waals surface area contributed by atoms with Crippen molar-refractivity contribution in [3.8, 4) is 11.5 Å². The van der Waals surface area contributed by atoms with Crippen LogP contribution in [-0.4, -0.2) is 36.2 Å². The summed E-state index contributed by atoms with van der Waals surface area (Å²) in [6.45, 7) is 1.98. The molecule has 2 aromatic heterocycles. The third-order valence-electron chi connectivity index (χ3n) is 4.66. The van der Waals surface area contributed by atoms with Crippen LogP contribution < -0.4 is 5.32 Å². The number of aryl methyl sites for hydroxylation is 1. The predicted molar refractivity (Wildman–Crippen MR) is 106 cm³/mol. The minimum absolute atomic E-state index is 0.156. The SMILES string of the molecule is Cc1ccc(-c2csc(NC(=O)C3CCCN3S(=O)(=O)c3ccccc3F)n2)o1. The smallest absolute Gasteiger partial charge is 0.246 e. The molecule has 29 heavy (non-hydrogen) atoms. The summed E-state index contributed by atoms with van der Waals surface area (Å²) in [5, 5.41) is 4.76. The lowest BCUT2D eigenvalue weighted by Crippen LogP contribution is -2.43. The first kappa shape index (κ1) is 19.7. The molecule has 0 spiro atoms. The van der Waals surface area contributed by atoms with E-state index in [0.717, 1.165) is 16.1 Å². The molecule has 1 saturated heterocycles. The summed E-state index contributed by atoms with van der Waals surface area (Å²) in [7, 11) is -4.13. The molecular formula is C19H18FN3O4S2. The number of halogens is 1. The van der Waals surface area contributed by atoms with Crippen molar-refractivity contribution in [3.05, 3.63) is 53.4 Å². The summed E-state index contributed by atoms with van der Waals surface area (Å²) in [5.41, 5.74) is 0.584. The quantitative estimate of drug-likeness (QED) is 0.661. The molecule has 3 aromatic rings. The minimum atomic E-state index is -4.13. The van der Waals surface area contributed by atoms with E-state index in [0.29, 0.717) is 29.4 Å². The molecular weight excluding hydrogens is 417 g/mol. The highest BCUT2D eigenvalue weighted by atomic mass is 32.2. The molecule has 10 heteroatoms. The molecule has 1 atom stereocenters. The van der Waals surface area contributed by atoms with Crippen LogP contribution in [0.25, 0.3) is 11.5 Å². The van der Waals surface area contributed by atoms with E-state index in [2.05, 4.69) is 10.3 Å². The van der Waals surface area contributed by atoms with Crippen LogP contribution in [0.1, 0.15) is 18.6 Å². The van der Waals surface area contributed by atoms with Gasteiger partial charge in [0, 0.05) is 11.9 Å². The van der Waals surface area contributed by atoms with Crippen LogP contribution >= 0.6 is 11.3 Å². The van der Waals surface area contributed by atoms with Gasteiger partial charge in [-0.1, -0.05) is 12.1 Å². The van der Waals surface area contributed by atoms with Gasteiger partial charge in [-0.05, 0) is 44.0 Å². The molecule has 0 aliphatic carbocycles. The number of benzene rings is 1. The maximum atomic E-state index is 14.1. The Morgan fingerprint density at radius 3 is 2.83 bits per heavy atom. The van der Waals surface area contributed by atoms with Gasteiger partial charge < -0.3 is 9.73 Å². The highest BCUT2D eigenvalue weighted by molar-refractivity contribution is 7.89. The van der Waals surface area contributed by atoms with Gasteiger partial charge in [-0.2, -0.15) is 4.31 Å². The summed E-state index contributed by atoms with van der Waals surface area (Å²) < 4.78 is 46.4. The number of thiazole rings is 1. The molecule has 1 N–H and O–H groups in total. The van der Waals surface area contributed by atoms with Crippen molar-refractivity contribution >= 4 is 32.4 Å². The second-order valence-corrected chi connectivity index (χ2v) is 9.36. The lowest BCUT2D eigenvalue weighted by Gasteiger charge is -2.23. The minimum Gasteiger partial charge on any atom is -0.460 e. The van der Waals surface area contributed by atoms with Gasteiger partial charge in [-0.25, -0.2) is 17.8 Å². The van der Waals surface area contributed by atoms with Crippen LogP contribution in [0.4, 0.5) is 9.52 Å². The molecule has 0 radical (unpaired) electrons. The number of nitrogens with one attached hydrogen (secondary N) is 1. The second-order valence-electron chi connectivity index (χ2n) is 6.64. The topological polar surface area (TPSA) is 92.5 Å². The van der Waals surface area contributed by atoms with Crippen molar-refractivity contribution in [1.82, 2.24) is 9.29 Å². The number of anilines is 1. The third kappa shape index (κ3) is 3.83. The van der Waals surface area contributed by atoms with E-state index in [9.17, 15) is 17.6 Å². The van der Waals surface area contributed by atoms with Crippen molar-refractivity contribution in [2.45, 2.75) is 30.7 Å². The molecule has 4 rings (SSSR count). The van der Waals surface area contributed by atoms with Gasteiger partial charge in [0.05, 0.1) is 0 Å². The van der Waals surface area contributed by atoms with E-state index >= 15 is 0 Å². The van der Waals surface area contributed by atoms with E-state index in [1.54, 1.807) is 11.4 Å². The number of amides is 1. The average molecular weight is 436 g/mol. The molecule has 7 nitrogen and oxygen atoms in total. The number of hydrogen-bond donors (Lipinski definition) is 1. The molecule has 1 fully saturated rings. The zero-order valence-corrected chi connectivity index (χ0v) is 17.1. The lowest BCUT2D eigenvalue weighted by molar-refractivity contribution is -0.119. The Morgan fingerprint density at radius 2 is 2.10 bits per heavy atom. The van der Waals surface area contributed by atoms with Crippen molar-refractivity contribution in [3.63, 3.8) is 0 Å². The van der Waals surface area contributed by atoms with Crippen molar-refractivity contribution < 1.29 is 22.0 Å². The fraction of sp³-hybridized carbons (Fsp3) is 0.263. The fourth-order valence-electron chi connectivity index (χ4n) is 3.28. The van der Waals surface area contributed by atoms with Crippen molar-refractivity contribution in [1.29, 1.82) is 0 Å².